The summed E-state index contributed by atoms with van der Waals surface area (Å²) in [6, 6.07) is 6.12. The van der Waals surface area contributed by atoms with E-state index in [1.807, 2.05) is 0 Å². The minimum absolute atomic E-state index is 0.196. The van der Waals surface area contributed by atoms with Crippen molar-refractivity contribution in [2.75, 3.05) is 0 Å². The minimum atomic E-state index is -1.66. The maximum atomic E-state index is 13.5. The van der Waals surface area contributed by atoms with E-state index >= 15 is 0 Å². The van der Waals surface area contributed by atoms with Crippen LogP contribution in [0.25, 0.3) is 0 Å². The molecule has 0 saturated heterocycles. The fraction of sp³-hybridized carbons (Fsp3) is 0.0714. The van der Waals surface area contributed by atoms with Crippen molar-refractivity contribution in [3.8, 4) is 0 Å². The fourth-order valence-corrected chi connectivity index (χ4v) is 1.99. The van der Waals surface area contributed by atoms with E-state index in [0.29, 0.717) is 16.7 Å². The normalized spacial score (nSPS) is 10.7. The van der Waals surface area contributed by atoms with E-state index in [0.717, 1.165) is 6.07 Å². The van der Waals surface area contributed by atoms with E-state index in [1.165, 1.54) is 12.1 Å². The molecular weight excluding hydrogens is 312 g/mol. The zero-order chi connectivity index (χ0) is 14.9. The molecule has 2 aromatic rings. The van der Waals surface area contributed by atoms with Gasteiger partial charge in [0, 0.05) is 6.42 Å². The van der Waals surface area contributed by atoms with Crippen molar-refractivity contribution in [1.82, 2.24) is 0 Å². The molecule has 0 N–H and O–H groups in total. The fourth-order valence-electron chi connectivity index (χ4n) is 1.67. The van der Waals surface area contributed by atoms with E-state index in [-0.39, 0.29) is 11.4 Å². The Morgan fingerprint density at radius 2 is 1.65 bits per heavy atom. The highest BCUT2D eigenvalue weighted by Gasteiger charge is 2.19. The number of rotatable bonds is 3. The van der Waals surface area contributed by atoms with Crippen molar-refractivity contribution in [2.24, 2.45) is 0 Å². The van der Waals surface area contributed by atoms with Crippen LogP contribution in [0.1, 0.15) is 15.9 Å². The number of Topliss-reactive ketones (excluding diaryl/α,β-unsaturated/α-hetero) is 1. The van der Waals surface area contributed by atoms with E-state index < -0.39 is 28.8 Å². The number of benzene rings is 2. The molecule has 0 aliphatic heterocycles. The molecule has 0 spiro atoms. The summed E-state index contributed by atoms with van der Waals surface area (Å²) in [5.41, 5.74) is -0.0106. The quantitative estimate of drug-likeness (QED) is 0.585. The Balaban J connectivity index is 2.28. The average molecular weight is 319 g/mol. The van der Waals surface area contributed by atoms with E-state index in [2.05, 4.69) is 0 Å². The summed E-state index contributed by atoms with van der Waals surface area (Å²) in [7, 11) is 0. The third-order valence-corrected chi connectivity index (χ3v) is 3.42. The molecule has 0 saturated carbocycles. The summed E-state index contributed by atoms with van der Waals surface area (Å²) in [5, 5.41) is 0.574. The van der Waals surface area contributed by atoms with Crippen molar-refractivity contribution >= 4 is 29.0 Å². The topological polar surface area (TPSA) is 17.1 Å². The summed E-state index contributed by atoms with van der Waals surface area (Å²) in [6.07, 6.45) is -0.196. The van der Waals surface area contributed by atoms with Gasteiger partial charge >= 0.3 is 0 Å². The van der Waals surface area contributed by atoms with Gasteiger partial charge in [-0.05, 0) is 29.8 Å². The number of halogens is 5. The molecular formula is C14H7Cl2F3O. The summed E-state index contributed by atoms with van der Waals surface area (Å²) in [5.74, 6) is -5.17. The van der Waals surface area contributed by atoms with E-state index in [1.54, 1.807) is 6.07 Å². The lowest BCUT2D eigenvalue weighted by Crippen LogP contribution is -2.08. The molecule has 0 aromatic heterocycles. The van der Waals surface area contributed by atoms with Gasteiger partial charge in [0.2, 0.25) is 0 Å². The van der Waals surface area contributed by atoms with Gasteiger partial charge in [0.05, 0.1) is 15.6 Å². The zero-order valence-electron chi connectivity index (χ0n) is 9.89. The van der Waals surface area contributed by atoms with Crippen LogP contribution in [0.4, 0.5) is 13.2 Å². The predicted octanol–water partition coefficient (Wildman–Crippen LogP) is 4.84. The second-order valence-electron chi connectivity index (χ2n) is 4.07. The Labute approximate surface area is 122 Å². The van der Waals surface area contributed by atoms with Gasteiger partial charge in [0.25, 0.3) is 0 Å². The molecule has 2 aromatic carbocycles. The van der Waals surface area contributed by atoms with E-state index in [9.17, 15) is 18.0 Å². The lowest BCUT2D eigenvalue weighted by molar-refractivity contribution is 0.0988. The summed E-state index contributed by atoms with van der Waals surface area (Å²) < 4.78 is 39.3. The van der Waals surface area contributed by atoms with Crippen molar-refractivity contribution in [3.05, 3.63) is 69.0 Å². The van der Waals surface area contributed by atoms with E-state index in [4.69, 9.17) is 23.2 Å². The lowest BCUT2D eigenvalue weighted by Gasteiger charge is -2.05. The molecule has 0 aliphatic rings. The molecule has 20 heavy (non-hydrogen) atoms. The van der Waals surface area contributed by atoms with Crippen molar-refractivity contribution < 1.29 is 18.0 Å². The first kappa shape index (κ1) is 14.9. The summed E-state index contributed by atoms with van der Waals surface area (Å²) in [4.78, 5) is 11.9. The Hall–Kier alpha value is -1.52. The monoisotopic (exact) mass is 318 g/mol. The standard InChI is InChI=1S/C14H7Cl2F3O/c15-9-3-1-7(5-10(9)16)6-12(20)8-2-4-11(17)14(19)13(8)18/h1-5H,6H2. The first-order valence-electron chi connectivity index (χ1n) is 5.50. The van der Waals surface area contributed by atoms with Gasteiger partial charge in [-0.2, -0.15) is 0 Å². The van der Waals surface area contributed by atoms with Crippen LogP contribution in [-0.2, 0) is 6.42 Å². The molecule has 2 rings (SSSR count). The van der Waals surface area contributed by atoms with Gasteiger partial charge in [-0.1, -0.05) is 29.3 Å². The molecule has 0 aliphatic carbocycles. The van der Waals surface area contributed by atoms with Crippen LogP contribution in [0.15, 0.2) is 30.3 Å². The molecule has 0 amide bonds. The Bertz CT molecular complexity index is 686. The molecule has 0 unspecified atom stereocenters. The largest absolute Gasteiger partial charge is 0.294 e. The van der Waals surface area contributed by atoms with Crippen LogP contribution < -0.4 is 0 Å². The van der Waals surface area contributed by atoms with Crippen molar-refractivity contribution in [1.29, 1.82) is 0 Å². The third-order valence-electron chi connectivity index (χ3n) is 2.68. The predicted molar refractivity (Wildman–Crippen MR) is 70.8 cm³/mol. The molecule has 0 heterocycles. The molecule has 6 heteroatoms. The number of carbonyl (C=O) groups excluding carboxylic acids is 1. The SMILES string of the molecule is O=C(Cc1ccc(Cl)c(Cl)c1)c1ccc(F)c(F)c1F. The van der Waals surface area contributed by atoms with Crippen LogP contribution in [-0.4, -0.2) is 5.78 Å². The molecule has 1 nitrogen and oxygen atoms in total. The summed E-state index contributed by atoms with van der Waals surface area (Å²) >= 11 is 11.5. The van der Waals surface area contributed by atoms with Gasteiger partial charge in [-0.3, -0.25) is 4.79 Å². The van der Waals surface area contributed by atoms with Gasteiger partial charge in [-0.15, -0.1) is 0 Å². The lowest BCUT2D eigenvalue weighted by atomic mass is 10.0. The maximum absolute atomic E-state index is 13.5. The highest BCUT2D eigenvalue weighted by Crippen LogP contribution is 2.24. The number of hydrogen-bond donors (Lipinski definition) is 0. The molecule has 0 fully saturated rings. The number of ketones is 1. The first-order chi connectivity index (χ1) is 9.40. The van der Waals surface area contributed by atoms with Crippen LogP contribution in [0.3, 0.4) is 0 Å². The maximum Gasteiger partial charge on any atom is 0.195 e. The zero-order valence-corrected chi connectivity index (χ0v) is 11.4. The van der Waals surface area contributed by atoms with Crippen LogP contribution >= 0.6 is 23.2 Å². The first-order valence-corrected chi connectivity index (χ1v) is 6.26. The van der Waals surface area contributed by atoms with Crippen molar-refractivity contribution in [2.45, 2.75) is 6.42 Å². The molecule has 0 atom stereocenters. The molecule has 0 bridgehead atoms. The molecule has 104 valence electrons. The third kappa shape index (κ3) is 2.97. The smallest absolute Gasteiger partial charge is 0.195 e. The second kappa shape index (κ2) is 5.85. The van der Waals surface area contributed by atoms with Crippen LogP contribution in [0, 0.1) is 17.5 Å². The van der Waals surface area contributed by atoms with Gasteiger partial charge in [0.15, 0.2) is 23.2 Å². The van der Waals surface area contributed by atoms with Gasteiger partial charge < -0.3 is 0 Å². The highest BCUT2D eigenvalue weighted by atomic mass is 35.5. The number of carbonyl (C=O) groups is 1. The second-order valence-corrected chi connectivity index (χ2v) is 4.89. The Morgan fingerprint density at radius 1 is 0.950 bits per heavy atom. The minimum Gasteiger partial charge on any atom is -0.294 e. The van der Waals surface area contributed by atoms with Gasteiger partial charge in [0.1, 0.15) is 0 Å². The van der Waals surface area contributed by atoms with Crippen LogP contribution in [0.5, 0.6) is 0 Å². The highest BCUT2D eigenvalue weighted by molar-refractivity contribution is 6.42. The van der Waals surface area contributed by atoms with Crippen molar-refractivity contribution in [3.63, 3.8) is 0 Å². The average Bonchev–Trinajstić information content (AvgIpc) is 2.40. The van der Waals surface area contributed by atoms with Gasteiger partial charge in [-0.25, -0.2) is 13.2 Å². The van der Waals surface area contributed by atoms with Crippen LogP contribution in [0.2, 0.25) is 10.0 Å². The summed E-state index contributed by atoms with van der Waals surface area (Å²) in [6.45, 7) is 0. The number of hydrogen-bond acceptors (Lipinski definition) is 1. The Kier molecular flexibility index (Phi) is 4.35. The Morgan fingerprint density at radius 3 is 2.30 bits per heavy atom. The molecule has 0 radical (unpaired) electrons.